The predicted molar refractivity (Wildman–Crippen MR) is 37.8 cm³/mol. The number of aromatic nitrogens is 1. The standard InChI is InChI=1S/C6H7NO5/c1-2-3-4-10-7-11-5(8)6(9)12-7/h2-3H,4H2,1H3/b3-2-. The second-order valence-corrected chi connectivity index (χ2v) is 1.85. The molecule has 1 rings (SSSR count). The first-order valence-electron chi connectivity index (χ1n) is 3.22. The first-order chi connectivity index (χ1) is 5.74. The molecule has 1 aromatic rings. The van der Waals surface area contributed by atoms with Gasteiger partial charge in [0, 0.05) is 0 Å². The number of hydrogen-bond donors (Lipinski definition) is 0. The van der Waals surface area contributed by atoms with Gasteiger partial charge < -0.3 is 4.84 Å². The Kier molecular flexibility index (Phi) is 2.52. The molecule has 0 bridgehead atoms. The fourth-order valence-corrected chi connectivity index (χ4v) is 0.481. The van der Waals surface area contributed by atoms with Crippen molar-refractivity contribution in [3.63, 3.8) is 0 Å². The Bertz CT molecular complexity index is 340. The van der Waals surface area contributed by atoms with Gasteiger partial charge in [0.2, 0.25) is 0 Å². The van der Waals surface area contributed by atoms with E-state index in [0.717, 1.165) is 0 Å². The van der Waals surface area contributed by atoms with E-state index < -0.39 is 11.3 Å². The molecule has 0 aliphatic carbocycles. The molecule has 0 radical (unpaired) electrons. The van der Waals surface area contributed by atoms with Gasteiger partial charge in [-0.15, -0.1) is 0 Å². The Hall–Kier alpha value is -1.72. The highest BCUT2D eigenvalue weighted by atomic mass is 17.0. The minimum Gasteiger partial charge on any atom is -0.353 e. The highest BCUT2D eigenvalue weighted by Crippen LogP contribution is 1.75. The van der Waals surface area contributed by atoms with Crippen molar-refractivity contribution >= 4 is 0 Å². The zero-order valence-corrected chi connectivity index (χ0v) is 6.35. The molecule has 0 fully saturated rings. The molecule has 66 valence electrons. The topological polar surface area (TPSA) is 74.6 Å². The second kappa shape index (κ2) is 3.61. The molecular weight excluding hydrogens is 166 g/mol. The second-order valence-electron chi connectivity index (χ2n) is 1.85. The third-order valence-corrected chi connectivity index (χ3v) is 0.993. The van der Waals surface area contributed by atoms with E-state index in [0.29, 0.717) is 5.08 Å². The molecule has 1 heterocycles. The quantitative estimate of drug-likeness (QED) is 0.450. The molecule has 0 spiro atoms. The first-order valence-corrected chi connectivity index (χ1v) is 3.22. The van der Waals surface area contributed by atoms with Gasteiger partial charge in [-0.25, -0.2) is 9.59 Å². The van der Waals surface area contributed by atoms with Crippen LogP contribution in [0.5, 0.6) is 0 Å². The Morgan fingerprint density at radius 1 is 1.42 bits per heavy atom. The van der Waals surface area contributed by atoms with Crippen LogP contribution < -0.4 is 16.1 Å². The van der Waals surface area contributed by atoms with Crippen molar-refractivity contribution < 1.29 is 13.9 Å². The SMILES string of the molecule is C/C=C\COn1oc(=O)c(=O)o1. The highest BCUT2D eigenvalue weighted by molar-refractivity contribution is 4.75. The lowest BCUT2D eigenvalue weighted by Crippen LogP contribution is -2.14. The fraction of sp³-hybridized carbons (Fsp3) is 0.333. The van der Waals surface area contributed by atoms with Crippen LogP contribution in [-0.4, -0.2) is 11.7 Å². The van der Waals surface area contributed by atoms with Gasteiger partial charge in [-0.05, 0) is 13.0 Å². The lowest BCUT2D eigenvalue weighted by molar-refractivity contribution is -0.137. The molecule has 0 N–H and O–H groups in total. The smallest absolute Gasteiger partial charge is 0.353 e. The summed E-state index contributed by atoms with van der Waals surface area (Å²) in [5.74, 6) is 0. The maximum absolute atomic E-state index is 10.4. The van der Waals surface area contributed by atoms with Crippen molar-refractivity contribution in [3.05, 3.63) is 33.0 Å². The molecule has 0 saturated carbocycles. The predicted octanol–water partition coefficient (Wildman–Crippen LogP) is -0.601. The van der Waals surface area contributed by atoms with Crippen molar-refractivity contribution in [2.24, 2.45) is 0 Å². The fourth-order valence-electron chi connectivity index (χ4n) is 0.481. The van der Waals surface area contributed by atoms with Gasteiger partial charge in [-0.1, -0.05) is 6.08 Å². The van der Waals surface area contributed by atoms with E-state index in [1.54, 1.807) is 19.1 Å². The summed E-state index contributed by atoms with van der Waals surface area (Å²) in [6.07, 6.45) is 3.39. The third-order valence-electron chi connectivity index (χ3n) is 0.993. The minimum atomic E-state index is -1.09. The summed E-state index contributed by atoms with van der Waals surface area (Å²) in [4.78, 5) is 25.4. The van der Waals surface area contributed by atoms with Crippen LogP contribution in [0.1, 0.15) is 6.92 Å². The zero-order chi connectivity index (χ0) is 8.97. The molecule has 0 aliphatic rings. The molecule has 6 heteroatoms. The maximum Gasteiger partial charge on any atom is 0.449 e. The van der Waals surface area contributed by atoms with E-state index in [-0.39, 0.29) is 6.61 Å². The van der Waals surface area contributed by atoms with Gasteiger partial charge in [-0.2, -0.15) is 0 Å². The van der Waals surface area contributed by atoms with Crippen molar-refractivity contribution in [1.29, 1.82) is 0 Å². The number of nitrogens with zero attached hydrogens (tertiary/aromatic N) is 1. The Labute approximate surface area is 66.5 Å². The average molecular weight is 173 g/mol. The molecule has 6 nitrogen and oxygen atoms in total. The summed E-state index contributed by atoms with van der Waals surface area (Å²) in [5, 5.41) is 0.380. The van der Waals surface area contributed by atoms with Crippen molar-refractivity contribution in [2.75, 3.05) is 6.61 Å². The van der Waals surface area contributed by atoms with Crippen LogP contribution >= 0.6 is 0 Å². The number of hydrogen-bond acceptors (Lipinski definition) is 5. The molecule has 0 saturated heterocycles. The summed E-state index contributed by atoms with van der Waals surface area (Å²) in [6, 6.07) is 0. The molecule has 0 unspecified atom stereocenters. The molecular formula is C6H7NO5. The van der Waals surface area contributed by atoms with Crippen LogP contribution in [0.4, 0.5) is 0 Å². The van der Waals surface area contributed by atoms with Gasteiger partial charge in [-0.3, -0.25) is 9.05 Å². The van der Waals surface area contributed by atoms with Crippen molar-refractivity contribution in [2.45, 2.75) is 6.92 Å². The van der Waals surface area contributed by atoms with Crippen LogP contribution in [0.2, 0.25) is 0 Å². The largest absolute Gasteiger partial charge is 0.449 e. The minimum absolute atomic E-state index is 0.164. The number of allylic oxidation sites excluding steroid dienone is 1. The van der Waals surface area contributed by atoms with Crippen LogP contribution in [-0.2, 0) is 0 Å². The van der Waals surface area contributed by atoms with Crippen LogP contribution in [0.15, 0.2) is 30.8 Å². The van der Waals surface area contributed by atoms with Gasteiger partial charge in [0.25, 0.3) is 0 Å². The molecule has 12 heavy (non-hydrogen) atoms. The summed E-state index contributed by atoms with van der Waals surface area (Å²) >= 11 is 0. The van der Waals surface area contributed by atoms with Crippen LogP contribution in [0, 0.1) is 0 Å². The monoisotopic (exact) mass is 173 g/mol. The summed E-state index contributed by atoms with van der Waals surface area (Å²) < 4.78 is 8.37. The van der Waals surface area contributed by atoms with E-state index in [4.69, 9.17) is 0 Å². The van der Waals surface area contributed by atoms with Crippen molar-refractivity contribution in [1.82, 2.24) is 5.08 Å². The van der Waals surface area contributed by atoms with Crippen LogP contribution in [0.25, 0.3) is 0 Å². The molecule has 0 atom stereocenters. The zero-order valence-electron chi connectivity index (χ0n) is 6.35. The maximum atomic E-state index is 10.4. The van der Waals surface area contributed by atoms with Gasteiger partial charge in [0.1, 0.15) is 11.7 Å². The highest BCUT2D eigenvalue weighted by Gasteiger charge is 2.03. The van der Waals surface area contributed by atoms with E-state index >= 15 is 0 Å². The summed E-state index contributed by atoms with van der Waals surface area (Å²) in [7, 11) is 0. The van der Waals surface area contributed by atoms with Gasteiger partial charge in [0.15, 0.2) is 0 Å². The summed E-state index contributed by atoms with van der Waals surface area (Å²) in [5.41, 5.74) is -2.18. The van der Waals surface area contributed by atoms with Crippen molar-refractivity contribution in [3.8, 4) is 0 Å². The Balaban J connectivity index is 2.65. The van der Waals surface area contributed by atoms with E-state index in [1.165, 1.54) is 0 Å². The van der Waals surface area contributed by atoms with Crippen LogP contribution in [0.3, 0.4) is 0 Å². The molecule has 1 aromatic heterocycles. The third kappa shape index (κ3) is 1.88. The summed E-state index contributed by atoms with van der Waals surface area (Å²) in [6.45, 7) is 1.96. The Morgan fingerprint density at radius 2 is 2.00 bits per heavy atom. The Morgan fingerprint density at radius 3 is 2.50 bits per heavy atom. The lowest BCUT2D eigenvalue weighted by Gasteiger charge is -1.93. The number of rotatable bonds is 3. The van der Waals surface area contributed by atoms with Gasteiger partial charge in [0.05, 0.1) is 0 Å². The average Bonchev–Trinajstić information content (AvgIpc) is 2.32. The molecule has 0 aromatic carbocycles. The van der Waals surface area contributed by atoms with Gasteiger partial charge >= 0.3 is 11.3 Å². The molecule has 0 amide bonds. The normalized spacial score (nSPS) is 10.8. The first kappa shape index (κ1) is 8.38. The van der Waals surface area contributed by atoms with E-state index in [2.05, 4.69) is 13.9 Å². The van der Waals surface area contributed by atoms with E-state index in [9.17, 15) is 9.59 Å². The molecule has 0 aliphatic heterocycles. The van der Waals surface area contributed by atoms with E-state index in [1.807, 2.05) is 0 Å². The lowest BCUT2D eigenvalue weighted by atomic mass is 10.6.